The van der Waals surface area contributed by atoms with Gasteiger partial charge in [-0.25, -0.2) is 0 Å². The number of tetrazole rings is 1. The number of aromatic amines is 1. The molecule has 2 aliphatic rings. The number of nitriles is 1. The molecule has 12 nitrogen and oxygen atoms in total. The summed E-state index contributed by atoms with van der Waals surface area (Å²) >= 11 is 2.24. The third kappa shape index (κ3) is 4.26. The number of carbonyl (C=O) groups excluding carboxylic acids is 2. The van der Waals surface area contributed by atoms with Gasteiger partial charge in [0.15, 0.2) is 6.10 Å². The number of thioether (sulfide) groups is 2. The van der Waals surface area contributed by atoms with Crippen LogP contribution < -0.4 is 5.32 Å². The first-order valence-corrected chi connectivity index (χ1v) is 11.8. The SMILES string of the molecule is N#CCC(Sc1nn[nH]n1)C1(C(=O)O)CS[C@@H]2C(NC(=O)C(O)c3ccccc3)C(=O)N2C1. The van der Waals surface area contributed by atoms with Crippen molar-refractivity contribution in [3.8, 4) is 6.07 Å². The number of fused-ring (bicyclic) bond motifs is 1. The molecular weight excluding hydrogens is 470 g/mol. The molecular formula is C19H19N7O5S2. The minimum atomic E-state index is -1.42. The molecule has 0 saturated carbocycles. The number of hydrogen-bond donors (Lipinski definition) is 4. The average Bonchev–Trinajstić information content (AvgIpc) is 3.34. The molecule has 5 atom stereocenters. The highest BCUT2D eigenvalue weighted by Crippen LogP contribution is 2.48. The van der Waals surface area contributed by atoms with Crippen molar-refractivity contribution in [3.05, 3.63) is 35.9 Å². The Morgan fingerprint density at radius 2 is 2.18 bits per heavy atom. The predicted octanol–water partition coefficient (Wildman–Crippen LogP) is -0.221. The normalized spacial score (nSPS) is 25.8. The second-order valence-corrected chi connectivity index (χ2v) is 9.87. The van der Waals surface area contributed by atoms with Gasteiger partial charge in [-0.1, -0.05) is 42.1 Å². The Morgan fingerprint density at radius 3 is 2.82 bits per heavy atom. The van der Waals surface area contributed by atoms with Crippen LogP contribution in [0.3, 0.4) is 0 Å². The number of aliphatic hydroxyl groups is 1. The lowest BCUT2D eigenvalue weighted by molar-refractivity contribution is -0.159. The first-order chi connectivity index (χ1) is 15.9. The van der Waals surface area contributed by atoms with Crippen molar-refractivity contribution in [2.45, 2.75) is 34.3 Å². The maximum atomic E-state index is 12.8. The molecule has 0 radical (unpaired) electrons. The number of carboxylic acid groups (broad SMARTS) is 1. The zero-order valence-electron chi connectivity index (χ0n) is 17.0. The summed E-state index contributed by atoms with van der Waals surface area (Å²) in [5, 5.41) is 44.6. The van der Waals surface area contributed by atoms with Crippen molar-refractivity contribution in [2.24, 2.45) is 5.41 Å². The Balaban J connectivity index is 1.47. The number of β-lactam (4-membered cyclic amide) rings is 1. The summed E-state index contributed by atoms with van der Waals surface area (Å²) in [6.07, 6.45) is -1.52. The summed E-state index contributed by atoms with van der Waals surface area (Å²) in [5.74, 6) is -2.16. The van der Waals surface area contributed by atoms with Gasteiger partial charge in [0.1, 0.15) is 16.8 Å². The molecule has 2 aliphatic heterocycles. The lowest BCUT2D eigenvalue weighted by atomic mass is 9.82. The van der Waals surface area contributed by atoms with Gasteiger partial charge in [-0.3, -0.25) is 14.4 Å². The molecule has 0 spiro atoms. The van der Waals surface area contributed by atoms with Crippen LogP contribution in [0.1, 0.15) is 18.1 Å². The number of hydrogen-bond acceptors (Lipinski definition) is 10. The number of nitrogens with one attached hydrogen (secondary N) is 2. The van der Waals surface area contributed by atoms with Gasteiger partial charge in [-0.05, 0) is 10.8 Å². The minimum absolute atomic E-state index is 0.0950. The number of carbonyl (C=O) groups is 3. The number of rotatable bonds is 8. The number of H-pyrrole nitrogens is 1. The van der Waals surface area contributed by atoms with Crippen LogP contribution in [0.2, 0.25) is 0 Å². The van der Waals surface area contributed by atoms with Gasteiger partial charge < -0.3 is 20.4 Å². The van der Waals surface area contributed by atoms with Crippen LogP contribution in [0.15, 0.2) is 35.5 Å². The van der Waals surface area contributed by atoms with Crippen LogP contribution in [0, 0.1) is 16.7 Å². The highest BCUT2D eigenvalue weighted by atomic mass is 32.2. The number of amides is 2. The van der Waals surface area contributed by atoms with Gasteiger partial charge in [0.05, 0.1) is 6.07 Å². The van der Waals surface area contributed by atoms with Gasteiger partial charge >= 0.3 is 5.97 Å². The standard InChI is InChI=1S/C19H19N7O5S2/c20-7-6-11(33-18-22-24-25-23-18)19(17(30)31)8-26-15(29)12(16(26)32-9-19)21-14(28)13(27)10-4-2-1-3-5-10/h1-5,11-13,16,27H,6,8-9H2,(H,21,28)(H,30,31)(H,22,23,24,25)/t11?,12?,13?,16-,19?/m1/s1. The van der Waals surface area contributed by atoms with Crippen molar-refractivity contribution in [2.75, 3.05) is 12.3 Å². The summed E-state index contributed by atoms with van der Waals surface area (Å²) in [4.78, 5) is 39.0. The van der Waals surface area contributed by atoms with Crippen molar-refractivity contribution in [1.29, 1.82) is 5.26 Å². The second kappa shape index (κ2) is 9.38. The van der Waals surface area contributed by atoms with E-state index in [1.807, 2.05) is 6.07 Å². The zero-order valence-corrected chi connectivity index (χ0v) is 18.6. The molecule has 0 aliphatic carbocycles. The number of nitrogens with zero attached hydrogens (tertiary/aromatic N) is 5. The monoisotopic (exact) mass is 489 g/mol. The Labute approximate surface area is 196 Å². The van der Waals surface area contributed by atoms with Crippen LogP contribution >= 0.6 is 23.5 Å². The zero-order chi connectivity index (χ0) is 23.6. The topological polar surface area (TPSA) is 185 Å². The lowest BCUT2D eigenvalue weighted by Crippen LogP contribution is -2.74. The third-order valence-corrected chi connectivity index (χ3v) is 8.50. The van der Waals surface area contributed by atoms with Gasteiger partial charge in [0, 0.05) is 24.0 Å². The molecule has 2 saturated heterocycles. The van der Waals surface area contributed by atoms with Crippen LogP contribution in [-0.4, -0.2) is 82.5 Å². The first kappa shape index (κ1) is 23.0. The van der Waals surface area contributed by atoms with E-state index in [2.05, 4.69) is 25.9 Å². The molecule has 4 rings (SSSR count). The molecule has 1 aromatic heterocycles. The number of carboxylic acids is 1. The number of benzene rings is 1. The van der Waals surface area contributed by atoms with Crippen LogP contribution in [-0.2, 0) is 14.4 Å². The maximum absolute atomic E-state index is 12.8. The van der Waals surface area contributed by atoms with E-state index < -0.39 is 46.0 Å². The summed E-state index contributed by atoms with van der Waals surface area (Å²) in [7, 11) is 0. The third-order valence-electron chi connectivity index (χ3n) is 5.66. The molecule has 172 valence electrons. The van der Waals surface area contributed by atoms with Crippen molar-refractivity contribution < 1.29 is 24.6 Å². The van der Waals surface area contributed by atoms with E-state index >= 15 is 0 Å². The average molecular weight is 490 g/mol. The molecule has 2 amide bonds. The van der Waals surface area contributed by atoms with Crippen LogP contribution in [0.5, 0.6) is 0 Å². The second-order valence-electron chi connectivity index (χ2n) is 7.59. The van der Waals surface area contributed by atoms with Crippen LogP contribution in [0.4, 0.5) is 0 Å². The number of aromatic nitrogens is 4. The maximum Gasteiger partial charge on any atom is 0.313 e. The van der Waals surface area contributed by atoms with E-state index in [4.69, 9.17) is 0 Å². The minimum Gasteiger partial charge on any atom is -0.481 e. The quantitative estimate of drug-likeness (QED) is 0.284. The molecule has 4 N–H and O–H groups in total. The largest absolute Gasteiger partial charge is 0.481 e. The smallest absolute Gasteiger partial charge is 0.313 e. The van der Waals surface area contributed by atoms with E-state index in [0.29, 0.717) is 5.56 Å². The summed E-state index contributed by atoms with van der Waals surface area (Å²) < 4.78 is 0. The van der Waals surface area contributed by atoms with E-state index in [0.717, 1.165) is 11.8 Å². The molecule has 2 fully saturated rings. The van der Waals surface area contributed by atoms with Crippen LogP contribution in [0.25, 0.3) is 0 Å². The van der Waals surface area contributed by atoms with E-state index in [1.165, 1.54) is 16.7 Å². The van der Waals surface area contributed by atoms with E-state index in [9.17, 15) is 29.9 Å². The Bertz CT molecular complexity index is 1080. The summed E-state index contributed by atoms with van der Waals surface area (Å²) in [6, 6.07) is 9.48. The van der Waals surface area contributed by atoms with E-state index in [-0.39, 0.29) is 23.9 Å². The first-order valence-electron chi connectivity index (χ1n) is 9.83. The Kier molecular flexibility index (Phi) is 6.54. The van der Waals surface area contributed by atoms with Crippen molar-refractivity contribution in [1.82, 2.24) is 30.8 Å². The molecule has 0 bridgehead atoms. The van der Waals surface area contributed by atoms with E-state index in [1.54, 1.807) is 30.3 Å². The molecule has 2 aromatic rings. The Hall–Kier alpha value is -3.15. The molecule has 1 aromatic carbocycles. The van der Waals surface area contributed by atoms with Gasteiger partial charge in [0.2, 0.25) is 11.1 Å². The molecule has 14 heteroatoms. The lowest BCUT2D eigenvalue weighted by Gasteiger charge is -2.55. The number of aliphatic hydroxyl groups excluding tert-OH is 1. The van der Waals surface area contributed by atoms with Crippen molar-refractivity contribution >= 4 is 41.3 Å². The number of aliphatic carboxylic acids is 1. The fraction of sp³-hybridized carbons (Fsp3) is 0.421. The van der Waals surface area contributed by atoms with Gasteiger partial charge in [0.25, 0.3) is 5.91 Å². The fourth-order valence-corrected chi connectivity index (χ4v) is 6.64. The molecule has 3 heterocycles. The highest BCUT2D eigenvalue weighted by molar-refractivity contribution is 8.01. The van der Waals surface area contributed by atoms with Gasteiger partial charge in [-0.15, -0.1) is 22.0 Å². The molecule has 33 heavy (non-hydrogen) atoms. The summed E-state index contributed by atoms with van der Waals surface area (Å²) in [6.45, 7) is -0.121. The Morgan fingerprint density at radius 1 is 1.42 bits per heavy atom. The summed E-state index contributed by atoms with van der Waals surface area (Å²) in [5.41, 5.74) is -1.02. The highest BCUT2D eigenvalue weighted by Gasteiger charge is 2.60. The fourth-order valence-electron chi connectivity index (χ4n) is 3.84. The van der Waals surface area contributed by atoms with Crippen molar-refractivity contribution in [3.63, 3.8) is 0 Å². The predicted molar refractivity (Wildman–Crippen MR) is 115 cm³/mol. The van der Waals surface area contributed by atoms with Gasteiger partial charge in [-0.2, -0.15) is 10.5 Å². The molecule has 4 unspecified atom stereocenters.